The molecule has 0 aromatic heterocycles. The number of likely N-dealkylation sites (tertiary alicyclic amines) is 1. The number of thioether (sulfide) groups is 2. The van der Waals surface area contributed by atoms with Crippen molar-refractivity contribution in [3.8, 4) is 0 Å². The first-order valence-corrected chi connectivity index (χ1v) is 21.8. The van der Waals surface area contributed by atoms with Crippen molar-refractivity contribution in [1.82, 2.24) is 31.5 Å². The fourth-order valence-corrected chi connectivity index (χ4v) is 7.14. The molecule has 19 heteroatoms. The third-order valence-corrected chi connectivity index (χ3v) is 10.6. The highest BCUT2D eigenvalue weighted by atomic mass is 32.2. The van der Waals surface area contributed by atoms with Crippen LogP contribution < -0.4 is 32.3 Å². The molecule has 1 aromatic rings. The van der Waals surface area contributed by atoms with Crippen molar-refractivity contribution in [3.63, 3.8) is 0 Å². The zero-order chi connectivity index (χ0) is 42.7. The number of nitrogens with one attached hydrogen (secondary N) is 5. The summed E-state index contributed by atoms with van der Waals surface area (Å²) in [5, 5.41) is 32.2. The van der Waals surface area contributed by atoms with Crippen molar-refractivity contribution in [2.75, 3.05) is 30.6 Å². The number of carbonyl (C=O) groups excluding carboxylic acids is 6. The molecule has 0 bridgehead atoms. The van der Waals surface area contributed by atoms with E-state index in [1.54, 1.807) is 30.3 Å². The molecule has 2 rings (SSSR count). The van der Waals surface area contributed by atoms with Crippen LogP contribution >= 0.6 is 23.5 Å². The molecule has 1 saturated heterocycles. The van der Waals surface area contributed by atoms with Crippen LogP contribution in [0.4, 0.5) is 0 Å². The number of rotatable bonds is 25. The van der Waals surface area contributed by atoms with E-state index in [0.717, 1.165) is 0 Å². The van der Waals surface area contributed by atoms with Crippen LogP contribution in [0.15, 0.2) is 30.3 Å². The molecule has 1 fully saturated rings. The van der Waals surface area contributed by atoms with E-state index in [2.05, 4.69) is 26.6 Å². The van der Waals surface area contributed by atoms with Gasteiger partial charge in [-0.25, -0.2) is 4.79 Å². The van der Waals surface area contributed by atoms with E-state index in [0.29, 0.717) is 29.9 Å². The Balaban J connectivity index is 2.31. The normalized spacial score (nSPS) is 17.0. The van der Waals surface area contributed by atoms with Crippen LogP contribution in [-0.2, 0) is 44.8 Å². The number of carbonyl (C=O) groups is 8. The summed E-state index contributed by atoms with van der Waals surface area (Å²) in [6, 6.07) is 0.815. The Bertz CT molecular complexity index is 1540. The number of benzene rings is 1. The SMILES string of the molecule is CSCC[C@H](NC(=O)[C@@H](CCSC)NC(=O)[C@@H]1CCCN1C(=O)[C@H](CCC(=O)O)NC(=O)[C@H](Cc1ccccc1)NC(=O)[C@H](C)NC(=O)[C@@H](N)CC(C)C)C(=O)O. The maximum Gasteiger partial charge on any atom is 0.326 e. The summed E-state index contributed by atoms with van der Waals surface area (Å²) < 4.78 is 0. The highest BCUT2D eigenvalue weighted by Gasteiger charge is 2.40. The van der Waals surface area contributed by atoms with Gasteiger partial charge in [-0.3, -0.25) is 33.6 Å². The van der Waals surface area contributed by atoms with Gasteiger partial charge in [-0.1, -0.05) is 44.2 Å². The molecule has 1 aliphatic rings. The van der Waals surface area contributed by atoms with Crippen molar-refractivity contribution in [2.45, 2.75) is 114 Å². The quantitative estimate of drug-likeness (QED) is 0.0668. The second-order valence-electron chi connectivity index (χ2n) is 14.4. The zero-order valence-electron chi connectivity index (χ0n) is 33.3. The fraction of sp³-hybridized carbons (Fsp3) is 0.632. The Morgan fingerprint density at radius 3 is 1.91 bits per heavy atom. The Labute approximate surface area is 342 Å². The van der Waals surface area contributed by atoms with Gasteiger partial charge < -0.3 is 47.4 Å². The summed E-state index contributed by atoms with van der Waals surface area (Å²) >= 11 is 2.85. The van der Waals surface area contributed by atoms with Crippen LogP contribution in [0.2, 0.25) is 0 Å². The molecule has 1 aliphatic heterocycles. The summed E-state index contributed by atoms with van der Waals surface area (Å²) in [6.45, 7) is 5.36. The fourth-order valence-electron chi connectivity index (χ4n) is 6.20. The van der Waals surface area contributed by atoms with E-state index in [1.165, 1.54) is 35.3 Å². The van der Waals surface area contributed by atoms with Crippen LogP contribution in [0.5, 0.6) is 0 Å². The third kappa shape index (κ3) is 17.0. The molecule has 0 unspecified atom stereocenters. The standard InChI is InChI=1S/C38H59N7O10S2/c1-22(2)20-25(39)33(49)40-23(3)32(48)44-29(21-24-10-7-6-8-11-24)35(51)42-27(13-14-31(46)47)37(53)45-17-9-12-30(45)36(52)41-26(15-18-56-4)34(50)43-28(38(54)55)16-19-57-5/h6-8,10-11,22-23,25-30H,9,12-21,39H2,1-5H3,(H,40,49)(H,41,52)(H,42,51)(H,43,50)(H,44,48)(H,46,47)(H,54,55)/t23-,25-,26+,27-,28-,29-,30-/m0/s1. The van der Waals surface area contributed by atoms with Crippen LogP contribution in [0.25, 0.3) is 0 Å². The largest absolute Gasteiger partial charge is 0.481 e. The summed E-state index contributed by atoms with van der Waals surface area (Å²) in [5.41, 5.74) is 6.64. The van der Waals surface area contributed by atoms with Crippen molar-refractivity contribution >= 4 is 70.9 Å². The average molecular weight is 838 g/mol. The second kappa shape index (κ2) is 25.1. The van der Waals surface area contributed by atoms with Crippen molar-refractivity contribution in [2.24, 2.45) is 11.7 Å². The van der Waals surface area contributed by atoms with Gasteiger partial charge in [0.2, 0.25) is 35.4 Å². The minimum Gasteiger partial charge on any atom is -0.481 e. The predicted molar refractivity (Wildman–Crippen MR) is 218 cm³/mol. The maximum atomic E-state index is 14.1. The van der Waals surface area contributed by atoms with E-state index in [-0.39, 0.29) is 44.6 Å². The van der Waals surface area contributed by atoms with Crippen molar-refractivity contribution < 1.29 is 48.6 Å². The van der Waals surface area contributed by atoms with E-state index in [9.17, 15) is 48.6 Å². The van der Waals surface area contributed by atoms with Gasteiger partial charge in [0, 0.05) is 19.4 Å². The van der Waals surface area contributed by atoms with Gasteiger partial charge in [-0.2, -0.15) is 23.5 Å². The molecular weight excluding hydrogens is 779 g/mol. The van der Waals surface area contributed by atoms with E-state index < -0.39 is 96.1 Å². The molecule has 0 radical (unpaired) electrons. The molecule has 6 amide bonds. The van der Waals surface area contributed by atoms with Gasteiger partial charge in [0.05, 0.1) is 6.04 Å². The molecule has 0 saturated carbocycles. The lowest BCUT2D eigenvalue weighted by molar-refractivity contribution is -0.144. The number of carboxylic acids is 2. The van der Waals surface area contributed by atoms with E-state index >= 15 is 0 Å². The Kier molecular flexibility index (Phi) is 21.5. The number of carboxylic acid groups (broad SMARTS) is 2. The molecule has 0 spiro atoms. The van der Waals surface area contributed by atoms with Gasteiger partial charge in [0.25, 0.3) is 0 Å². The molecule has 9 N–H and O–H groups in total. The summed E-state index contributed by atoms with van der Waals surface area (Å²) in [7, 11) is 0. The lowest BCUT2D eigenvalue weighted by Gasteiger charge is -2.31. The Morgan fingerprint density at radius 1 is 0.754 bits per heavy atom. The first kappa shape index (κ1) is 48.8. The Hall–Kier alpha value is -4.36. The van der Waals surface area contributed by atoms with Crippen LogP contribution in [0.1, 0.15) is 71.3 Å². The van der Waals surface area contributed by atoms with Crippen LogP contribution in [0.3, 0.4) is 0 Å². The van der Waals surface area contributed by atoms with E-state index in [1.807, 2.05) is 26.4 Å². The second-order valence-corrected chi connectivity index (χ2v) is 16.4. The van der Waals surface area contributed by atoms with Gasteiger partial charge in [0.15, 0.2) is 0 Å². The first-order valence-electron chi connectivity index (χ1n) is 19.0. The van der Waals surface area contributed by atoms with Crippen molar-refractivity contribution in [1.29, 1.82) is 0 Å². The molecule has 1 aromatic carbocycles. The first-order chi connectivity index (χ1) is 27.0. The summed E-state index contributed by atoms with van der Waals surface area (Å²) in [6.07, 6.45) is 4.16. The molecule has 57 heavy (non-hydrogen) atoms. The molecule has 318 valence electrons. The van der Waals surface area contributed by atoms with Gasteiger partial charge in [-0.05, 0) is 80.9 Å². The summed E-state index contributed by atoms with van der Waals surface area (Å²) in [5.74, 6) is -5.42. The number of hydrogen-bond acceptors (Lipinski definition) is 11. The van der Waals surface area contributed by atoms with Gasteiger partial charge in [0.1, 0.15) is 36.3 Å². The number of nitrogens with two attached hydrogens (primary N) is 1. The minimum atomic E-state index is -1.41. The number of aliphatic carboxylic acids is 2. The van der Waals surface area contributed by atoms with Gasteiger partial charge in [-0.15, -0.1) is 0 Å². The van der Waals surface area contributed by atoms with Crippen LogP contribution in [-0.4, -0.2) is 135 Å². The number of amides is 6. The Morgan fingerprint density at radius 2 is 1.33 bits per heavy atom. The van der Waals surface area contributed by atoms with Crippen LogP contribution in [0, 0.1) is 5.92 Å². The number of hydrogen-bond donors (Lipinski definition) is 8. The summed E-state index contributed by atoms with van der Waals surface area (Å²) in [4.78, 5) is 106. The molecule has 7 atom stereocenters. The maximum absolute atomic E-state index is 14.1. The molecule has 0 aliphatic carbocycles. The lowest BCUT2D eigenvalue weighted by atomic mass is 10.0. The highest BCUT2D eigenvalue weighted by Crippen LogP contribution is 2.21. The molecule has 1 heterocycles. The topological polar surface area (TPSA) is 266 Å². The molecular formula is C38H59N7O10S2. The molecule has 17 nitrogen and oxygen atoms in total. The zero-order valence-corrected chi connectivity index (χ0v) is 34.9. The van der Waals surface area contributed by atoms with E-state index in [4.69, 9.17) is 5.73 Å². The minimum absolute atomic E-state index is 0.0138. The highest BCUT2D eigenvalue weighted by molar-refractivity contribution is 7.98. The number of nitrogens with zero attached hydrogens (tertiary/aromatic N) is 1. The van der Waals surface area contributed by atoms with Gasteiger partial charge >= 0.3 is 11.9 Å². The average Bonchev–Trinajstić information content (AvgIpc) is 3.66. The third-order valence-electron chi connectivity index (χ3n) is 9.30. The smallest absolute Gasteiger partial charge is 0.326 e. The lowest BCUT2D eigenvalue weighted by Crippen LogP contribution is -2.59. The predicted octanol–water partition coefficient (Wildman–Crippen LogP) is 0.493. The van der Waals surface area contributed by atoms with Crippen molar-refractivity contribution in [3.05, 3.63) is 35.9 Å². The monoisotopic (exact) mass is 837 g/mol.